The molecule has 0 spiro atoms. The standard InChI is InChI=1S/C13H15FN2O2/c1-8(17)10-2-3-12(11(14)5-10)16-7-9(6-15)4-13(16)18/h2-3,5,9H,4,6-7,15H2,1H3. The molecule has 1 amide bonds. The molecule has 2 N–H and O–H groups in total. The van der Waals surface area contributed by atoms with Gasteiger partial charge in [-0.2, -0.15) is 0 Å². The molecule has 1 heterocycles. The molecule has 1 aromatic carbocycles. The summed E-state index contributed by atoms with van der Waals surface area (Å²) in [4.78, 5) is 24.3. The monoisotopic (exact) mass is 250 g/mol. The molecule has 96 valence electrons. The van der Waals surface area contributed by atoms with Crippen molar-refractivity contribution in [2.24, 2.45) is 11.7 Å². The van der Waals surface area contributed by atoms with Crippen LogP contribution in [0.5, 0.6) is 0 Å². The predicted octanol–water partition coefficient (Wildman–Crippen LogP) is 1.34. The first kappa shape index (κ1) is 12.7. The first-order valence-electron chi connectivity index (χ1n) is 5.84. The topological polar surface area (TPSA) is 63.4 Å². The molecule has 1 atom stereocenters. The van der Waals surface area contributed by atoms with Crippen molar-refractivity contribution in [2.45, 2.75) is 13.3 Å². The van der Waals surface area contributed by atoms with Gasteiger partial charge in [-0.3, -0.25) is 9.59 Å². The van der Waals surface area contributed by atoms with E-state index in [1.165, 1.54) is 30.0 Å². The van der Waals surface area contributed by atoms with Crippen LogP contribution in [-0.4, -0.2) is 24.8 Å². The Hall–Kier alpha value is -1.75. The fraction of sp³-hybridized carbons (Fsp3) is 0.385. The van der Waals surface area contributed by atoms with Gasteiger partial charge in [-0.25, -0.2) is 4.39 Å². The van der Waals surface area contributed by atoms with Crippen LogP contribution in [0, 0.1) is 11.7 Å². The zero-order valence-electron chi connectivity index (χ0n) is 10.1. The summed E-state index contributed by atoms with van der Waals surface area (Å²) in [6.07, 6.45) is 0.352. The van der Waals surface area contributed by atoms with E-state index in [4.69, 9.17) is 5.73 Å². The second-order valence-electron chi connectivity index (χ2n) is 4.53. The second kappa shape index (κ2) is 4.86. The average Bonchev–Trinajstić information content (AvgIpc) is 2.70. The van der Waals surface area contributed by atoms with Gasteiger partial charge in [-0.15, -0.1) is 0 Å². The number of hydrogen-bond donors (Lipinski definition) is 1. The van der Waals surface area contributed by atoms with Gasteiger partial charge >= 0.3 is 0 Å². The molecule has 2 rings (SSSR count). The van der Waals surface area contributed by atoms with Gasteiger partial charge in [-0.1, -0.05) is 0 Å². The highest BCUT2D eigenvalue weighted by molar-refractivity contribution is 5.98. The number of nitrogens with zero attached hydrogens (tertiary/aromatic N) is 1. The summed E-state index contributed by atoms with van der Waals surface area (Å²) in [5.41, 5.74) is 6.05. The highest BCUT2D eigenvalue weighted by Gasteiger charge is 2.31. The van der Waals surface area contributed by atoms with Crippen LogP contribution in [0.25, 0.3) is 0 Å². The van der Waals surface area contributed by atoms with Crippen molar-refractivity contribution in [1.29, 1.82) is 0 Å². The van der Waals surface area contributed by atoms with Crippen molar-refractivity contribution in [1.82, 2.24) is 0 Å². The molecule has 18 heavy (non-hydrogen) atoms. The lowest BCUT2D eigenvalue weighted by atomic mass is 10.1. The summed E-state index contributed by atoms with van der Waals surface area (Å²) < 4.78 is 13.9. The predicted molar refractivity (Wildman–Crippen MR) is 65.9 cm³/mol. The molecule has 0 radical (unpaired) electrons. The van der Waals surface area contributed by atoms with E-state index in [9.17, 15) is 14.0 Å². The number of nitrogens with two attached hydrogens (primary N) is 1. The number of carbonyl (C=O) groups excluding carboxylic acids is 2. The first-order chi connectivity index (χ1) is 8.52. The summed E-state index contributed by atoms with van der Waals surface area (Å²) in [5, 5.41) is 0. The van der Waals surface area contributed by atoms with Crippen molar-refractivity contribution in [3.05, 3.63) is 29.6 Å². The van der Waals surface area contributed by atoms with E-state index in [0.717, 1.165) is 0 Å². The summed E-state index contributed by atoms with van der Waals surface area (Å²) in [6, 6.07) is 4.17. The van der Waals surface area contributed by atoms with E-state index in [2.05, 4.69) is 0 Å². The average molecular weight is 250 g/mol. The number of benzene rings is 1. The molecule has 1 aliphatic heterocycles. The molecule has 1 aliphatic rings. The van der Waals surface area contributed by atoms with Crippen LogP contribution >= 0.6 is 0 Å². The van der Waals surface area contributed by atoms with E-state index in [1.807, 2.05) is 0 Å². The number of rotatable bonds is 3. The summed E-state index contributed by atoms with van der Waals surface area (Å²) in [6.45, 7) is 2.22. The molecule has 1 saturated heterocycles. The zero-order chi connectivity index (χ0) is 13.3. The number of halogens is 1. The largest absolute Gasteiger partial charge is 0.330 e. The summed E-state index contributed by atoms with van der Waals surface area (Å²) in [7, 11) is 0. The Morgan fingerprint density at radius 1 is 1.56 bits per heavy atom. The van der Waals surface area contributed by atoms with Gasteiger partial charge < -0.3 is 10.6 Å². The third-order valence-corrected chi connectivity index (χ3v) is 3.18. The Bertz CT molecular complexity index is 502. The molecular formula is C13H15FN2O2. The van der Waals surface area contributed by atoms with Crippen LogP contribution in [0.1, 0.15) is 23.7 Å². The third kappa shape index (κ3) is 2.26. The molecular weight excluding hydrogens is 235 g/mol. The minimum atomic E-state index is -0.547. The normalized spacial score (nSPS) is 19.4. The Morgan fingerprint density at radius 2 is 2.28 bits per heavy atom. The molecule has 0 aromatic heterocycles. The Morgan fingerprint density at radius 3 is 2.78 bits per heavy atom. The molecule has 0 saturated carbocycles. The number of carbonyl (C=O) groups is 2. The van der Waals surface area contributed by atoms with Gasteiger partial charge in [0.1, 0.15) is 5.82 Å². The van der Waals surface area contributed by atoms with Gasteiger partial charge in [0.05, 0.1) is 5.69 Å². The number of Topliss-reactive ketones (excluding diaryl/α,β-unsaturated/α-hetero) is 1. The molecule has 0 bridgehead atoms. The van der Waals surface area contributed by atoms with Crippen molar-refractivity contribution >= 4 is 17.4 Å². The molecule has 0 aliphatic carbocycles. The molecule has 4 nitrogen and oxygen atoms in total. The quantitative estimate of drug-likeness (QED) is 0.823. The van der Waals surface area contributed by atoms with Gasteiger partial charge in [0, 0.05) is 18.5 Å². The lowest BCUT2D eigenvalue weighted by Gasteiger charge is -2.17. The SMILES string of the molecule is CC(=O)c1ccc(N2CC(CN)CC2=O)c(F)c1. The number of hydrogen-bond acceptors (Lipinski definition) is 3. The van der Waals surface area contributed by atoms with Crippen LogP contribution < -0.4 is 10.6 Å². The van der Waals surface area contributed by atoms with E-state index in [-0.39, 0.29) is 23.3 Å². The second-order valence-corrected chi connectivity index (χ2v) is 4.53. The van der Waals surface area contributed by atoms with Crippen LogP contribution in [0.2, 0.25) is 0 Å². The summed E-state index contributed by atoms with van der Waals surface area (Å²) in [5.74, 6) is -0.800. The van der Waals surface area contributed by atoms with Crippen LogP contribution in [0.15, 0.2) is 18.2 Å². The lowest BCUT2D eigenvalue weighted by molar-refractivity contribution is -0.117. The number of ketones is 1. The fourth-order valence-electron chi connectivity index (χ4n) is 2.12. The van der Waals surface area contributed by atoms with Gasteiger partial charge in [0.25, 0.3) is 0 Å². The minimum absolute atomic E-state index is 0.0735. The van der Waals surface area contributed by atoms with Crippen LogP contribution in [0.4, 0.5) is 10.1 Å². The van der Waals surface area contributed by atoms with Crippen molar-refractivity contribution in [3.8, 4) is 0 Å². The molecule has 5 heteroatoms. The molecule has 1 unspecified atom stereocenters. The first-order valence-corrected chi connectivity index (χ1v) is 5.84. The van der Waals surface area contributed by atoms with Crippen LogP contribution in [0.3, 0.4) is 0 Å². The van der Waals surface area contributed by atoms with E-state index >= 15 is 0 Å². The minimum Gasteiger partial charge on any atom is -0.330 e. The Balaban J connectivity index is 2.29. The van der Waals surface area contributed by atoms with E-state index in [1.54, 1.807) is 0 Å². The maximum Gasteiger partial charge on any atom is 0.227 e. The van der Waals surface area contributed by atoms with E-state index in [0.29, 0.717) is 25.1 Å². The molecule has 1 fully saturated rings. The van der Waals surface area contributed by atoms with E-state index < -0.39 is 5.82 Å². The molecule has 1 aromatic rings. The number of amides is 1. The Labute approximate surface area is 105 Å². The van der Waals surface area contributed by atoms with Crippen molar-refractivity contribution < 1.29 is 14.0 Å². The van der Waals surface area contributed by atoms with Crippen LogP contribution in [-0.2, 0) is 4.79 Å². The smallest absolute Gasteiger partial charge is 0.227 e. The van der Waals surface area contributed by atoms with Crippen molar-refractivity contribution in [2.75, 3.05) is 18.0 Å². The summed E-state index contributed by atoms with van der Waals surface area (Å²) >= 11 is 0. The maximum atomic E-state index is 13.9. The Kier molecular flexibility index (Phi) is 3.43. The zero-order valence-corrected chi connectivity index (χ0v) is 10.1. The van der Waals surface area contributed by atoms with Gasteiger partial charge in [0.15, 0.2) is 5.78 Å². The maximum absolute atomic E-state index is 13.9. The van der Waals surface area contributed by atoms with Crippen molar-refractivity contribution in [3.63, 3.8) is 0 Å². The fourth-order valence-corrected chi connectivity index (χ4v) is 2.12. The third-order valence-electron chi connectivity index (χ3n) is 3.18. The number of anilines is 1. The lowest BCUT2D eigenvalue weighted by Crippen LogP contribution is -2.26. The van der Waals surface area contributed by atoms with Gasteiger partial charge in [-0.05, 0) is 37.6 Å². The van der Waals surface area contributed by atoms with Gasteiger partial charge in [0.2, 0.25) is 5.91 Å². The highest BCUT2D eigenvalue weighted by Crippen LogP contribution is 2.27. The highest BCUT2D eigenvalue weighted by atomic mass is 19.1.